The third kappa shape index (κ3) is 4.10. The second-order valence-electron chi connectivity index (χ2n) is 4.77. The van der Waals surface area contributed by atoms with Gasteiger partial charge >= 0.3 is 0 Å². The first-order chi connectivity index (χ1) is 7.65. The highest BCUT2D eigenvalue weighted by Gasteiger charge is 2.23. The summed E-state index contributed by atoms with van der Waals surface area (Å²) in [5, 5.41) is 2.65. The van der Waals surface area contributed by atoms with Crippen LogP contribution in [0.15, 0.2) is 0 Å². The van der Waals surface area contributed by atoms with Crippen LogP contribution in [0.3, 0.4) is 0 Å². The van der Waals surface area contributed by atoms with Gasteiger partial charge in [0.15, 0.2) is 0 Å². The predicted octanol–water partition coefficient (Wildman–Crippen LogP) is 0.714. The topological polar surface area (TPSA) is 58.4 Å². The summed E-state index contributed by atoms with van der Waals surface area (Å²) < 4.78 is 0. The normalized spacial score (nSPS) is 26.5. The van der Waals surface area contributed by atoms with Crippen molar-refractivity contribution in [2.45, 2.75) is 50.6 Å². The number of amides is 1. The molecule has 1 aliphatic rings. The van der Waals surface area contributed by atoms with E-state index in [-0.39, 0.29) is 11.9 Å². The van der Waals surface area contributed by atoms with E-state index < -0.39 is 0 Å². The summed E-state index contributed by atoms with van der Waals surface area (Å²) >= 11 is 0. The average molecular weight is 227 g/mol. The second kappa shape index (κ2) is 6.86. The summed E-state index contributed by atoms with van der Waals surface area (Å²) in [6, 6.07) is 0.726. The van der Waals surface area contributed by atoms with Crippen molar-refractivity contribution in [2.75, 3.05) is 20.6 Å². The summed E-state index contributed by atoms with van der Waals surface area (Å²) in [4.78, 5) is 13.4. The van der Waals surface area contributed by atoms with Crippen LogP contribution in [0.4, 0.5) is 0 Å². The molecule has 0 spiro atoms. The summed E-state index contributed by atoms with van der Waals surface area (Å²) in [6.45, 7) is 0.804. The van der Waals surface area contributed by atoms with Crippen molar-refractivity contribution in [3.05, 3.63) is 0 Å². The monoisotopic (exact) mass is 227 g/mol. The predicted molar refractivity (Wildman–Crippen MR) is 66.2 cm³/mol. The van der Waals surface area contributed by atoms with E-state index in [1.54, 1.807) is 7.05 Å². The van der Waals surface area contributed by atoms with Crippen molar-refractivity contribution in [1.82, 2.24) is 10.2 Å². The van der Waals surface area contributed by atoms with Crippen molar-refractivity contribution in [3.8, 4) is 0 Å². The Bertz CT molecular complexity index is 220. The van der Waals surface area contributed by atoms with Gasteiger partial charge in [0.25, 0.3) is 0 Å². The second-order valence-corrected chi connectivity index (χ2v) is 4.77. The fourth-order valence-electron chi connectivity index (χ4n) is 2.43. The van der Waals surface area contributed by atoms with Gasteiger partial charge in [0, 0.05) is 32.1 Å². The molecule has 4 nitrogen and oxygen atoms in total. The summed E-state index contributed by atoms with van der Waals surface area (Å²) in [5.74, 6) is 0.106. The van der Waals surface area contributed by atoms with Crippen molar-refractivity contribution >= 4 is 5.91 Å². The molecule has 0 aromatic rings. The molecule has 1 fully saturated rings. The van der Waals surface area contributed by atoms with Gasteiger partial charge in [-0.1, -0.05) is 19.3 Å². The minimum absolute atomic E-state index is 0.106. The Morgan fingerprint density at radius 1 is 1.38 bits per heavy atom. The van der Waals surface area contributed by atoms with E-state index in [1.807, 2.05) is 0 Å². The number of nitrogens with one attached hydrogen (secondary N) is 1. The minimum Gasteiger partial charge on any atom is -0.359 e. The minimum atomic E-state index is 0.106. The zero-order chi connectivity index (χ0) is 12.0. The third-order valence-corrected chi connectivity index (χ3v) is 3.57. The van der Waals surface area contributed by atoms with Crippen LogP contribution in [0.25, 0.3) is 0 Å². The highest BCUT2D eigenvalue weighted by Crippen LogP contribution is 2.20. The molecule has 1 amide bonds. The fraction of sp³-hybridized carbons (Fsp3) is 0.917. The Morgan fingerprint density at radius 2 is 2.06 bits per heavy atom. The van der Waals surface area contributed by atoms with Crippen LogP contribution in [0, 0.1) is 0 Å². The number of likely N-dealkylation sites (N-methyl/N-ethyl adjacent to an activating group) is 1. The van der Waals surface area contributed by atoms with Crippen LogP contribution < -0.4 is 11.1 Å². The highest BCUT2D eigenvalue weighted by atomic mass is 16.1. The molecule has 1 aliphatic carbocycles. The number of carbonyl (C=O) groups excluding carboxylic acids is 1. The molecule has 94 valence electrons. The van der Waals surface area contributed by atoms with E-state index in [0.717, 1.165) is 13.0 Å². The number of nitrogens with two attached hydrogens (primary N) is 1. The lowest BCUT2D eigenvalue weighted by molar-refractivity contribution is -0.121. The summed E-state index contributed by atoms with van der Waals surface area (Å²) in [6.07, 6.45) is 6.67. The van der Waals surface area contributed by atoms with Gasteiger partial charge in [-0.2, -0.15) is 0 Å². The van der Waals surface area contributed by atoms with E-state index >= 15 is 0 Å². The van der Waals surface area contributed by atoms with Crippen LogP contribution in [0.2, 0.25) is 0 Å². The van der Waals surface area contributed by atoms with Gasteiger partial charge in [-0.15, -0.1) is 0 Å². The zero-order valence-corrected chi connectivity index (χ0v) is 10.5. The zero-order valence-electron chi connectivity index (χ0n) is 10.5. The molecule has 0 radical (unpaired) electrons. The molecule has 0 aromatic heterocycles. The molecular weight excluding hydrogens is 202 g/mol. The SMILES string of the molecule is CNC(=O)CCN(C)C1CCCCCC1N. The first-order valence-electron chi connectivity index (χ1n) is 6.31. The molecule has 0 aromatic carbocycles. The van der Waals surface area contributed by atoms with Gasteiger partial charge in [0.1, 0.15) is 0 Å². The van der Waals surface area contributed by atoms with Crippen LogP contribution in [0.5, 0.6) is 0 Å². The molecule has 0 heterocycles. The first kappa shape index (κ1) is 13.5. The summed E-state index contributed by atoms with van der Waals surface area (Å²) in [5.41, 5.74) is 6.18. The number of nitrogens with zero attached hydrogens (tertiary/aromatic N) is 1. The number of carbonyl (C=O) groups is 1. The summed E-state index contributed by atoms with van der Waals surface area (Å²) in [7, 11) is 3.76. The van der Waals surface area contributed by atoms with Crippen LogP contribution in [-0.2, 0) is 4.79 Å². The van der Waals surface area contributed by atoms with Crippen molar-refractivity contribution < 1.29 is 4.79 Å². The van der Waals surface area contributed by atoms with Crippen LogP contribution in [-0.4, -0.2) is 43.5 Å². The van der Waals surface area contributed by atoms with E-state index in [0.29, 0.717) is 12.5 Å². The van der Waals surface area contributed by atoms with Gasteiger partial charge in [-0.25, -0.2) is 0 Å². The molecule has 1 saturated carbocycles. The Morgan fingerprint density at radius 3 is 2.75 bits per heavy atom. The van der Waals surface area contributed by atoms with Gasteiger partial charge in [0.05, 0.1) is 0 Å². The fourth-order valence-corrected chi connectivity index (χ4v) is 2.43. The van der Waals surface area contributed by atoms with Crippen molar-refractivity contribution in [1.29, 1.82) is 0 Å². The standard InChI is InChI=1S/C12H25N3O/c1-14-12(16)8-9-15(2)11-7-5-3-4-6-10(11)13/h10-11H,3-9,13H2,1-2H3,(H,14,16). The molecular formula is C12H25N3O. The highest BCUT2D eigenvalue weighted by molar-refractivity contribution is 5.75. The number of hydrogen-bond acceptors (Lipinski definition) is 3. The Kier molecular flexibility index (Phi) is 5.77. The maximum absolute atomic E-state index is 11.2. The first-order valence-corrected chi connectivity index (χ1v) is 6.31. The van der Waals surface area contributed by atoms with Crippen molar-refractivity contribution in [2.24, 2.45) is 5.73 Å². The smallest absolute Gasteiger partial charge is 0.221 e. The molecule has 2 unspecified atom stereocenters. The van der Waals surface area contributed by atoms with Gasteiger partial charge in [0.2, 0.25) is 5.91 Å². The molecule has 1 rings (SSSR count). The van der Waals surface area contributed by atoms with Gasteiger partial charge in [-0.3, -0.25) is 4.79 Å². The lowest BCUT2D eigenvalue weighted by atomic mass is 10.0. The number of rotatable bonds is 4. The molecule has 0 saturated heterocycles. The molecule has 3 N–H and O–H groups in total. The Balaban J connectivity index is 2.38. The van der Waals surface area contributed by atoms with E-state index in [1.165, 1.54) is 25.7 Å². The maximum atomic E-state index is 11.2. The van der Waals surface area contributed by atoms with Crippen LogP contribution >= 0.6 is 0 Å². The van der Waals surface area contributed by atoms with Gasteiger partial charge < -0.3 is 16.0 Å². The lowest BCUT2D eigenvalue weighted by Gasteiger charge is -2.31. The van der Waals surface area contributed by atoms with Crippen molar-refractivity contribution in [3.63, 3.8) is 0 Å². The van der Waals surface area contributed by atoms with Crippen LogP contribution in [0.1, 0.15) is 38.5 Å². The number of hydrogen-bond donors (Lipinski definition) is 2. The lowest BCUT2D eigenvalue weighted by Crippen LogP contribution is -2.46. The average Bonchev–Trinajstić information content (AvgIpc) is 2.50. The molecule has 0 bridgehead atoms. The maximum Gasteiger partial charge on any atom is 0.221 e. The Labute approximate surface area is 98.6 Å². The molecule has 16 heavy (non-hydrogen) atoms. The third-order valence-electron chi connectivity index (χ3n) is 3.57. The molecule has 4 heteroatoms. The van der Waals surface area contributed by atoms with E-state index in [9.17, 15) is 4.79 Å². The quantitative estimate of drug-likeness (QED) is 0.696. The van der Waals surface area contributed by atoms with Gasteiger partial charge in [-0.05, 0) is 19.9 Å². The van der Waals surface area contributed by atoms with E-state index in [2.05, 4.69) is 17.3 Å². The largest absolute Gasteiger partial charge is 0.359 e. The molecule has 0 aliphatic heterocycles. The van der Waals surface area contributed by atoms with E-state index in [4.69, 9.17) is 5.73 Å². The molecule has 2 atom stereocenters. The Hall–Kier alpha value is -0.610.